The van der Waals surface area contributed by atoms with Gasteiger partial charge in [0.05, 0.1) is 12.5 Å². The first-order valence-electron chi connectivity index (χ1n) is 6.21. The van der Waals surface area contributed by atoms with Gasteiger partial charge < -0.3 is 9.52 Å². The highest BCUT2D eigenvalue weighted by molar-refractivity contribution is 5.70. The van der Waals surface area contributed by atoms with Crippen molar-refractivity contribution in [3.63, 3.8) is 0 Å². The number of hydrogen-bond donors (Lipinski definition) is 1. The van der Waals surface area contributed by atoms with Crippen LogP contribution in [-0.2, 0) is 17.8 Å². The number of piperidine rings is 1. The van der Waals surface area contributed by atoms with Crippen LogP contribution in [0.5, 0.6) is 0 Å². The molecule has 0 spiro atoms. The van der Waals surface area contributed by atoms with Gasteiger partial charge in [0.1, 0.15) is 11.5 Å². The topological polar surface area (TPSA) is 53.7 Å². The number of carboxylic acids is 1. The second-order valence-corrected chi connectivity index (χ2v) is 4.63. The predicted molar refractivity (Wildman–Crippen MR) is 63.7 cm³/mol. The number of aliphatic carboxylic acids is 1. The lowest BCUT2D eigenvalue weighted by molar-refractivity contribution is -0.143. The summed E-state index contributed by atoms with van der Waals surface area (Å²) in [5.41, 5.74) is 0. The summed E-state index contributed by atoms with van der Waals surface area (Å²) in [6.45, 7) is 4.39. The molecule has 4 nitrogen and oxygen atoms in total. The van der Waals surface area contributed by atoms with Crippen LogP contribution in [0.15, 0.2) is 16.5 Å². The largest absolute Gasteiger partial charge is 0.481 e. The molecule has 17 heavy (non-hydrogen) atoms. The fourth-order valence-electron chi connectivity index (χ4n) is 2.32. The molecule has 94 valence electrons. The quantitative estimate of drug-likeness (QED) is 0.871. The molecule has 0 amide bonds. The minimum Gasteiger partial charge on any atom is -0.481 e. The Kier molecular flexibility index (Phi) is 3.84. The van der Waals surface area contributed by atoms with E-state index in [0.29, 0.717) is 6.54 Å². The number of aryl methyl sites for hydroxylation is 1. The summed E-state index contributed by atoms with van der Waals surface area (Å²) in [7, 11) is 0. The molecule has 2 heterocycles. The molecule has 1 atom stereocenters. The van der Waals surface area contributed by atoms with Crippen molar-refractivity contribution in [3.05, 3.63) is 23.7 Å². The number of hydrogen-bond acceptors (Lipinski definition) is 3. The minimum atomic E-state index is -0.677. The molecule has 0 aromatic carbocycles. The molecule has 1 saturated heterocycles. The van der Waals surface area contributed by atoms with E-state index in [2.05, 4.69) is 11.8 Å². The van der Waals surface area contributed by atoms with E-state index in [1.165, 1.54) is 0 Å². The summed E-state index contributed by atoms with van der Waals surface area (Å²) in [6, 6.07) is 3.98. The summed E-state index contributed by atoms with van der Waals surface area (Å²) < 4.78 is 5.64. The number of nitrogens with zero attached hydrogens (tertiary/aromatic N) is 1. The van der Waals surface area contributed by atoms with Crippen molar-refractivity contribution >= 4 is 5.97 Å². The van der Waals surface area contributed by atoms with Crippen LogP contribution in [0.3, 0.4) is 0 Å². The Morgan fingerprint density at radius 3 is 2.94 bits per heavy atom. The summed E-state index contributed by atoms with van der Waals surface area (Å²) in [5.74, 6) is 1.03. The lowest BCUT2D eigenvalue weighted by atomic mass is 9.98. The van der Waals surface area contributed by atoms with Crippen LogP contribution in [0.1, 0.15) is 31.3 Å². The maximum Gasteiger partial charge on any atom is 0.307 e. The first-order valence-corrected chi connectivity index (χ1v) is 6.21. The van der Waals surface area contributed by atoms with Gasteiger partial charge in [-0.3, -0.25) is 9.69 Å². The maximum absolute atomic E-state index is 11.0. The van der Waals surface area contributed by atoms with Gasteiger partial charge in [-0.15, -0.1) is 0 Å². The molecule has 1 aromatic heterocycles. The smallest absolute Gasteiger partial charge is 0.307 e. The van der Waals surface area contributed by atoms with Crippen molar-refractivity contribution in [2.45, 2.75) is 32.7 Å². The number of likely N-dealkylation sites (tertiary alicyclic amines) is 1. The molecule has 1 aromatic rings. The molecule has 1 aliphatic rings. The van der Waals surface area contributed by atoms with Gasteiger partial charge in [0.15, 0.2) is 0 Å². The number of rotatable bonds is 4. The highest BCUT2D eigenvalue weighted by Gasteiger charge is 2.25. The fourth-order valence-corrected chi connectivity index (χ4v) is 2.32. The number of carboxylic acid groups (broad SMARTS) is 1. The summed E-state index contributed by atoms with van der Waals surface area (Å²) in [5, 5.41) is 9.01. The Balaban J connectivity index is 1.92. The van der Waals surface area contributed by atoms with Crippen LogP contribution >= 0.6 is 0 Å². The van der Waals surface area contributed by atoms with Crippen LogP contribution in [0, 0.1) is 5.92 Å². The van der Waals surface area contributed by atoms with Gasteiger partial charge in [0.2, 0.25) is 0 Å². The Hall–Kier alpha value is -1.29. The summed E-state index contributed by atoms with van der Waals surface area (Å²) in [4.78, 5) is 13.1. The molecular weight excluding hydrogens is 218 g/mol. The molecule has 0 bridgehead atoms. The van der Waals surface area contributed by atoms with E-state index in [4.69, 9.17) is 9.52 Å². The van der Waals surface area contributed by atoms with Gasteiger partial charge in [-0.05, 0) is 31.5 Å². The third-order valence-electron chi connectivity index (χ3n) is 3.30. The molecule has 0 saturated carbocycles. The molecule has 2 rings (SSSR count). The van der Waals surface area contributed by atoms with E-state index in [1.807, 2.05) is 12.1 Å². The van der Waals surface area contributed by atoms with Crippen LogP contribution < -0.4 is 0 Å². The van der Waals surface area contributed by atoms with E-state index in [-0.39, 0.29) is 5.92 Å². The van der Waals surface area contributed by atoms with E-state index in [0.717, 1.165) is 43.9 Å². The zero-order valence-corrected chi connectivity index (χ0v) is 10.2. The van der Waals surface area contributed by atoms with Crippen molar-refractivity contribution in [2.75, 3.05) is 13.1 Å². The normalized spacial score (nSPS) is 21.6. The lowest BCUT2D eigenvalue weighted by Gasteiger charge is -2.29. The van der Waals surface area contributed by atoms with Crippen LogP contribution in [0.25, 0.3) is 0 Å². The number of furan rings is 1. The Bertz CT molecular complexity index is 386. The average Bonchev–Trinajstić information content (AvgIpc) is 2.77. The van der Waals surface area contributed by atoms with Crippen LogP contribution in [0.4, 0.5) is 0 Å². The predicted octanol–water partition coefficient (Wildman–Crippen LogP) is 2.14. The van der Waals surface area contributed by atoms with Gasteiger partial charge >= 0.3 is 5.97 Å². The molecule has 1 aliphatic heterocycles. The zero-order chi connectivity index (χ0) is 12.3. The molecular formula is C13H19NO3. The van der Waals surface area contributed by atoms with Crippen molar-refractivity contribution in [3.8, 4) is 0 Å². The van der Waals surface area contributed by atoms with E-state index in [9.17, 15) is 4.79 Å². The second-order valence-electron chi connectivity index (χ2n) is 4.63. The molecule has 0 radical (unpaired) electrons. The third-order valence-corrected chi connectivity index (χ3v) is 3.30. The van der Waals surface area contributed by atoms with Crippen molar-refractivity contribution in [1.29, 1.82) is 0 Å². The van der Waals surface area contributed by atoms with Gasteiger partial charge in [0.25, 0.3) is 0 Å². The Morgan fingerprint density at radius 1 is 1.53 bits per heavy atom. The third kappa shape index (κ3) is 3.09. The highest BCUT2D eigenvalue weighted by Crippen LogP contribution is 2.19. The first kappa shape index (κ1) is 12.2. The average molecular weight is 237 g/mol. The van der Waals surface area contributed by atoms with Gasteiger partial charge in [-0.1, -0.05) is 6.92 Å². The monoisotopic (exact) mass is 237 g/mol. The van der Waals surface area contributed by atoms with E-state index in [1.54, 1.807) is 0 Å². The maximum atomic E-state index is 11.0. The zero-order valence-electron chi connectivity index (χ0n) is 10.2. The highest BCUT2D eigenvalue weighted by atomic mass is 16.4. The molecule has 1 unspecified atom stereocenters. The van der Waals surface area contributed by atoms with Gasteiger partial charge in [-0.25, -0.2) is 0 Å². The first-order chi connectivity index (χ1) is 8.19. The Labute approximate surface area is 101 Å². The van der Waals surface area contributed by atoms with E-state index >= 15 is 0 Å². The van der Waals surface area contributed by atoms with Crippen LogP contribution in [-0.4, -0.2) is 29.1 Å². The van der Waals surface area contributed by atoms with Crippen molar-refractivity contribution < 1.29 is 14.3 Å². The summed E-state index contributed by atoms with van der Waals surface area (Å²) in [6.07, 6.45) is 2.65. The molecule has 1 N–H and O–H groups in total. The van der Waals surface area contributed by atoms with Crippen LogP contribution in [0.2, 0.25) is 0 Å². The SMILES string of the molecule is CCc1ccc(CN2CCCC(C(=O)O)C2)o1. The Morgan fingerprint density at radius 2 is 2.29 bits per heavy atom. The standard InChI is InChI=1S/C13H19NO3/c1-2-11-5-6-12(17-11)9-14-7-3-4-10(8-14)13(15)16/h5-6,10H,2-4,7-9H2,1H3,(H,15,16). The molecule has 0 aliphatic carbocycles. The van der Waals surface area contributed by atoms with Crippen molar-refractivity contribution in [2.24, 2.45) is 5.92 Å². The van der Waals surface area contributed by atoms with Gasteiger partial charge in [-0.2, -0.15) is 0 Å². The fraction of sp³-hybridized carbons (Fsp3) is 0.615. The second kappa shape index (κ2) is 5.36. The van der Waals surface area contributed by atoms with E-state index < -0.39 is 5.97 Å². The van der Waals surface area contributed by atoms with Crippen molar-refractivity contribution in [1.82, 2.24) is 4.90 Å². The summed E-state index contributed by atoms with van der Waals surface area (Å²) >= 11 is 0. The number of carbonyl (C=O) groups is 1. The molecule has 4 heteroatoms. The van der Waals surface area contributed by atoms with Gasteiger partial charge in [0, 0.05) is 13.0 Å². The minimum absolute atomic E-state index is 0.218. The lowest BCUT2D eigenvalue weighted by Crippen LogP contribution is -2.38. The molecule has 1 fully saturated rings.